The first-order chi connectivity index (χ1) is 21.7. The summed E-state index contributed by atoms with van der Waals surface area (Å²) in [7, 11) is 0. The Morgan fingerprint density at radius 2 is 0.932 bits per heavy atom. The summed E-state index contributed by atoms with van der Waals surface area (Å²) in [4.78, 5) is 2.38. The molecule has 0 radical (unpaired) electrons. The fraction of sp³-hybridized carbons (Fsp3) is 0.0476. The maximum Gasteiger partial charge on any atom is 0.0496 e. The lowest BCUT2D eigenvalue weighted by Crippen LogP contribution is -2.14. The van der Waals surface area contributed by atoms with Gasteiger partial charge in [0.05, 0.1) is 0 Å². The van der Waals surface area contributed by atoms with Gasteiger partial charge in [-0.05, 0) is 93.7 Å². The molecule has 0 aliphatic heterocycles. The predicted molar refractivity (Wildman–Crippen MR) is 190 cm³/mol. The molecule has 0 aliphatic rings. The first kappa shape index (κ1) is 28.5. The number of para-hydroxylation sites is 2. The molecule has 0 atom stereocenters. The Morgan fingerprint density at radius 1 is 0.477 bits per heavy atom. The highest BCUT2D eigenvalue weighted by molar-refractivity contribution is 5.95. The van der Waals surface area contributed by atoms with Gasteiger partial charge in [-0.3, -0.25) is 0 Å². The molecule has 0 aromatic heterocycles. The van der Waals surface area contributed by atoms with Gasteiger partial charge in [0.15, 0.2) is 0 Å². The molecular formula is C42H36N2. The van der Waals surface area contributed by atoms with E-state index in [9.17, 15) is 0 Å². The molecule has 214 valence electrons. The number of nitrogens with zero attached hydrogens (tertiary/aromatic N) is 1. The van der Waals surface area contributed by atoms with Crippen molar-refractivity contribution >= 4 is 22.7 Å². The fourth-order valence-electron chi connectivity index (χ4n) is 5.94. The first-order valence-corrected chi connectivity index (χ1v) is 15.0. The lowest BCUT2D eigenvalue weighted by Gasteiger charge is -2.30. The highest BCUT2D eigenvalue weighted by Crippen LogP contribution is 2.45. The van der Waals surface area contributed by atoms with Crippen molar-refractivity contribution in [2.45, 2.75) is 12.8 Å². The van der Waals surface area contributed by atoms with Crippen molar-refractivity contribution in [1.29, 1.82) is 0 Å². The number of allylic oxidation sites excluding steroid dienone is 2. The van der Waals surface area contributed by atoms with Gasteiger partial charge < -0.3 is 10.6 Å². The molecule has 6 rings (SSSR count). The van der Waals surface area contributed by atoms with E-state index >= 15 is 0 Å². The van der Waals surface area contributed by atoms with E-state index in [0.29, 0.717) is 0 Å². The molecule has 0 amide bonds. The summed E-state index contributed by atoms with van der Waals surface area (Å²) in [6.07, 6.45) is 5.48. The summed E-state index contributed by atoms with van der Waals surface area (Å²) in [5.74, 6) is 0. The molecule has 2 nitrogen and oxygen atoms in total. The summed E-state index contributed by atoms with van der Waals surface area (Å²) in [5.41, 5.74) is 19.7. The Balaban J connectivity index is 1.63. The molecule has 6 aromatic carbocycles. The van der Waals surface area contributed by atoms with Crippen molar-refractivity contribution in [3.8, 4) is 33.4 Å². The molecular weight excluding hydrogens is 532 g/mol. The van der Waals surface area contributed by atoms with Crippen LogP contribution in [-0.2, 0) is 12.8 Å². The van der Waals surface area contributed by atoms with Gasteiger partial charge in [0.25, 0.3) is 0 Å². The Hall–Kier alpha value is -5.60. The Morgan fingerprint density at radius 3 is 1.45 bits per heavy atom. The molecule has 0 saturated heterocycles. The van der Waals surface area contributed by atoms with Crippen LogP contribution in [0.3, 0.4) is 0 Å². The zero-order valence-corrected chi connectivity index (χ0v) is 24.9. The van der Waals surface area contributed by atoms with Crippen LogP contribution in [0.5, 0.6) is 0 Å². The van der Waals surface area contributed by atoms with Gasteiger partial charge in [0, 0.05) is 22.7 Å². The molecule has 2 N–H and O–H groups in total. The molecule has 0 heterocycles. The van der Waals surface area contributed by atoms with Gasteiger partial charge in [-0.25, -0.2) is 0 Å². The topological polar surface area (TPSA) is 29.3 Å². The van der Waals surface area contributed by atoms with E-state index in [4.69, 9.17) is 5.73 Å². The number of hydrogen-bond acceptors (Lipinski definition) is 2. The van der Waals surface area contributed by atoms with E-state index in [1.807, 2.05) is 24.3 Å². The molecule has 2 heteroatoms. The number of nitrogen functional groups attached to an aromatic ring is 1. The monoisotopic (exact) mass is 568 g/mol. The van der Waals surface area contributed by atoms with Crippen LogP contribution in [0.25, 0.3) is 33.4 Å². The minimum atomic E-state index is 0.745. The molecule has 6 aromatic rings. The Labute approximate surface area is 261 Å². The normalized spacial score (nSPS) is 10.7. The number of nitrogens with two attached hydrogens (primary N) is 1. The zero-order valence-electron chi connectivity index (χ0n) is 24.9. The Bertz CT molecular complexity index is 1850. The standard InChI is InChI=1S/C42H36N2/c1-3-15-33-21-11-13-23-41(33)44(42-24-14-12-22-34(42)16-4-2)36-26-28-38(40(30-36)32-19-9-6-10-20-32)37-27-25-35(43)29-39(37)31-17-7-5-8-18-31/h3-14,17-30H,1-2,15-16,43H2. The molecule has 44 heavy (non-hydrogen) atoms. The van der Waals surface area contributed by atoms with Crippen LogP contribution in [0.15, 0.2) is 171 Å². The molecule has 0 bridgehead atoms. The lowest BCUT2D eigenvalue weighted by molar-refractivity contribution is 1.16. The quantitative estimate of drug-likeness (QED) is 0.132. The van der Waals surface area contributed by atoms with E-state index in [1.165, 1.54) is 11.1 Å². The zero-order chi connectivity index (χ0) is 30.3. The number of anilines is 4. The van der Waals surface area contributed by atoms with Crippen molar-refractivity contribution in [2.24, 2.45) is 0 Å². The van der Waals surface area contributed by atoms with Crippen molar-refractivity contribution in [3.63, 3.8) is 0 Å². The van der Waals surface area contributed by atoms with Crippen molar-refractivity contribution < 1.29 is 0 Å². The van der Waals surface area contributed by atoms with Gasteiger partial charge in [0.1, 0.15) is 0 Å². The van der Waals surface area contributed by atoms with Crippen molar-refractivity contribution in [2.75, 3.05) is 10.6 Å². The molecule has 0 unspecified atom stereocenters. The summed E-state index contributed by atoms with van der Waals surface area (Å²) < 4.78 is 0. The third-order valence-electron chi connectivity index (χ3n) is 7.96. The third-order valence-corrected chi connectivity index (χ3v) is 7.96. The summed E-state index contributed by atoms with van der Waals surface area (Å²) in [5, 5.41) is 0. The van der Waals surface area contributed by atoms with E-state index in [-0.39, 0.29) is 0 Å². The molecule has 0 saturated carbocycles. The maximum absolute atomic E-state index is 6.34. The third kappa shape index (κ3) is 5.84. The SMILES string of the molecule is C=CCc1ccccc1N(c1ccc(-c2ccc(N)cc2-c2ccccc2)c(-c2ccccc2)c1)c1ccccc1CC=C. The van der Waals surface area contributed by atoms with Gasteiger partial charge in [-0.1, -0.05) is 121 Å². The average Bonchev–Trinajstić information content (AvgIpc) is 3.07. The van der Waals surface area contributed by atoms with Crippen LogP contribution >= 0.6 is 0 Å². The van der Waals surface area contributed by atoms with Gasteiger partial charge in [0.2, 0.25) is 0 Å². The molecule has 0 spiro atoms. The average molecular weight is 569 g/mol. The molecule has 0 aliphatic carbocycles. The summed E-state index contributed by atoms with van der Waals surface area (Å²) in [6, 6.07) is 51.3. The van der Waals surface area contributed by atoms with Crippen LogP contribution in [0.1, 0.15) is 11.1 Å². The summed E-state index contributed by atoms with van der Waals surface area (Å²) >= 11 is 0. The second kappa shape index (κ2) is 13.1. The highest BCUT2D eigenvalue weighted by atomic mass is 15.1. The van der Waals surface area contributed by atoms with Gasteiger partial charge in [-0.2, -0.15) is 0 Å². The van der Waals surface area contributed by atoms with Crippen LogP contribution in [0.4, 0.5) is 22.7 Å². The second-order valence-electron chi connectivity index (χ2n) is 10.8. The summed E-state index contributed by atoms with van der Waals surface area (Å²) in [6.45, 7) is 8.09. The first-order valence-electron chi connectivity index (χ1n) is 15.0. The van der Waals surface area contributed by atoms with Crippen LogP contribution < -0.4 is 10.6 Å². The van der Waals surface area contributed by atoms with Crippen LogP contribution in [0, 0.1) is 0 Å². The van der Waals surface area contributed by atoms with E-state index < -0.39 is 0 Å². The van der Waals surface area contributed by atoms with E-state index in [2.05, 4.69) is 152 Å². The van der Waals surface area contributed by atoms with Crippen molar-refractivity contribution in [3.05, 3.63) is 182 Å². The number of rotatable bonds is 10. The van der Waals surface area contributed by atoms with Crippen LogP contribution in [0.2, 0.25) is 0 Å². The number of hydrogen-bond donors (Lipinski definition) is 1. The van der Waals surface area contributed by atoms with Gasteiger partial charge in [-0.15, -0.1) is 13.2 Å². The second-order valence-corrected chi connectivity index (χ2v) is 10.8. The molecule has 0 fully saturated rings. The van der Waals surface area contributed by atoms with Crippen LogP contribution in [-0.4, -0.2) is 0 Å². The minimum absolute atomic E-state index is 0.745. The maximum atomic E-state index is 6.34. The van der Waals surface area contributed by atoms with E-state index in [1.54, 1.807) is 0 Å². The van der Waals surface area contributed by atoms with Crippen molar-refractivity contribution in [1.82, 2.24) is 0 Å². The Kier molecular flexibility index (Phi) is 8.52. The fourth-order valence-corrected chi connectivity index (χ4v) is 5.94. The predicted octanol–water partition coefficient (Wildman–Crippen LogP) is 11.2. The smallest absolute Gasteiger partial charge is 0.0496 e. The van der Waals surface area contributed by atoms with E-state index in [0.717, 1.165) is 69.0 Å². The number of benzene rings is 6. The highest BCUT2D eigenvalue weighted by Gasteiger charge is 2.21. The van der Waals surface area contributed by atoms with Gasteiger partial charge >= 0.3 is 0 Å². The minimum Gasteiger partial charge on any atom is -0.399 e. The lowest BCUT2D eigenvalue weighted by atomic mass is 9.88. The largest absolute Gasteiger partial charge is 0.399 e.